The van der Waals surface area contributed by atoms with Crippen molar-refractivity contribution in [2.75, 3.05) is 20.8 Å². The summed E-state index contributed by atoms with van der Waals surface area (Å²) in [6.45, 7) is 1.76. The van der Waals surface area contributed by atoms with Gasteiger partial charge in [-0.15, -0.1) is 11.8 Å². The third-order valence-electron chi connectivity index (χ3n) is 6.42. The Kier molecular flexibility index (Phi) is 7.92. The molecule has 1 fully saturated rings. The highest BCUT2D eigenvalue weighted by Gasteiger charge is 2.45. The molecular formula is C27H29NO6S2. The third-order valence-corrected chi connectivity index (χ3v) is 9.68. The molecule has 3 aromatic carbocycles. The van der Waals surface area contributed by atoms with Gasteiger partial charge in [-0.1, -0.05) is 29.8 Å². The fourth-order valence-electron chi connectivity index (χ4n) is 4.38. The van der Waals surface area contributed by atoms with E-state index in [2.05, 4.69) is 0 Å². The first-order valence-corrected chi connectivity index (χ1v) is 13.8. The molecule has 0 saturated carbocycles. The molecule has 0 aromatic heterocycles. The second kappa shape index (κ2) is 10.9. The molecule has 0 amide bonds. The third kappa shape index (κ3) is 5.53. The van der Waals surface area contributed by atoms with Crippen LogP contribution in [0, 0.1) is 12.8 Å². The van der Waals surface area contributed by atoms with Crippen LogP contribution >= 0.6 is 11.8 Å². The highest BCUT2D eigenvalue weighted by Crippen LogP contribution is 2.44. The number of sulfonamides is 1. The van der Waals surface area contributed by atoms with Gasteiger partial charge in [-0.05, 0) is 67.4 Å². The van der Waals surface area contributed by atoms with Crippen LogP contribution in [-0.2, 0) is 14.8 Å². The average molecular weight is 528 g/mol. The molecule has 3 atom stereocenters. The summed E-state index contributed by atoms with van der Waals surface area (Å²) in [4.78, 5) is 13.4. The number of benzene rings is 3. The topological polar surface area (TPSA) is 93.1 Å². The highest BCUT2D eigenvalue weighted by atomic mass is 32.2. The molecule has 1 saturated heterocycles. The molecule has 1 aliphatic rings. The van der Waals surface area contributed by atoms with Gasteiger partial charge in [0, 0.05) is 16.7 Å². The largest absolute Gasteiger partial charge is 0.497 e. The molecule has 0 unspecified atom stereocenters. The molecule has 3 aromatic rings. The van der Waals surface area contributed by atoms with E-state index in [4.69, 9.17) is 9.47 Å². The number of carboxylic acids is 1. The Morgan fingerprint density at radius 2 is 1.47 bits per heavy atom. The van der Waals surface area contributed by atoms with Crippen LogP contribution in [0.5, 0.6) is 11.5 Å². The molecule has 1 aliphatic heterocycles. The lowest BCUT2D eigenvalue weighted by Crippen LogP contribution is -2.49. The number of rotatable bonds is 8. The second-order valence-corrected chi connectivity index (χ2v) is 11.9. The number of hydrogen-bond donors (Lipinski definition) is 1. The van der Waals surface area contributed by atoms with E-state index in [1.165, 1.54) is 16.1 Å². The number of aryl methyl sites for hydroxylation is 1. The molecule has 0 radical (unpaired) electrons. The number of ether oxygens (including phenoxy) is 2. The van der Waals surface area contributed by atoms with Gasteiger partial charge in [0.25, 0.3) is 0 Å². The maximum atomic E-state index is 13.8. The fourth-order valence-corrected chi connectivity index (χ4v) is 7.32. The van der Waals surface area contributed by atoms with Crippen molar-refractivity contribution in [2.45, 2.75) is 34.4 Å². The summed E-state index contributed by atoms with van der Waals surface area (Å²) in [5.74, 6) is -0.524. The van der Waals surface area contributed by atoms with Gasteiger partial charge >= 0.3 is 5.97 Å². The smallest absolute Gasteiger partial charge is 0.308 e. The summed E-state index contributed by atoms with van der Waals surface area (Å²) >= 11 is 1.45. The standard InChI is InChI=1S/C27H29NO6S2/c1-18-4-14-23(15-5-18)36(31,32)28-17-24(27(29)30)26(35-22-12-10-21(34-3)11-13-22)16-25(28)19-6-8-20(33-2)9-7-19/h4-15,24-26H,16-17H2,1-3H3,(H,29,30)/t24-,25+,26-/m1/s1. The zero-order valence-corrected chi connectivity index (χ0v) is 22.0. The molecule has 1 heterocycles. The van der Waals surface area contributed by atoms with Gasteiger partial charge in [-0.2, -0.15) is 4.31 Å². The van der Waals surface area contributed by atoms with Crippen LogP contribution in [0.25, 0.3) is 0 Å². The summed E-state index contributed by atoms with van der Waals surface area (Å²) < 4.78 is 39.4. The average Bonchev–Trinajstić information content (AvgIpc) is 2.89. The SMILES string of the molecule is COc1ccc(S[C@@H]2C[C@@H](c3ccc(OC)cc3)N(S(=O)(=O)c3ccc(C)cc3)C[C@H]2C(=O)O)cc1. The minimum absolute atomic E-state index is 0.129. The number of carboxylic acid groups (broad SMARTS) is 1. The number of thioether (sulfide) groups is 1. The Balaban J connectivity index is 1.73. The number of aliphatic carboxylic acids is 1. The predicted molar refractivity (Wildman–Crippen MR) is 139 cm³/mol. The van der Waals surface area contributed by atoms with E-state index in [1.54, 1.807) is 50.6 Å². The minimum Gasteiger partial charge on any atom is -0.497 e. The van der Waals surface area contributed by atoms with E-state index in [0.717, 1.165) is 16.0 Å². The van der Waals surface area contributed by atoms with Crippen LogP contribution in [-0.4, -0.2) is 49.8 Å². The van der Waals surface area contributed by atoms with Gasteiger partial charge in [0.15, 0.2) is 0 Å². The Morgan fingerprint density at radius 3 is 2.00 bits per heavy atom. The van der Waals surface area contributed by atoms with E-state index < -0.39 is 28.0 Å². The normalized spacial score (nSPS) is 20.6. The van der Waals surface area contributed by atoms with Crippen molar-refractivity contribution in [3.8, 4) is 11.5 Å². The van der Waals surface area contributed by atoms with Crippen molar-refractivity contribution in [3.05, 3.63) is 83.9 Å². The monoisotopic (exact) mass is 527 g/mol. The summed E-state index contributed by atoms with van der Waals surface area (Å²) in [6.07, 6.45) is 0.338. The predicted octanol–water partition coefficient (Wildman–Crippen LogP) is 5.01. The molecule has 9 heteroatoms. The Morgan fingerprint density at radius 1 is 0.917 bits per heavy atom. The molecular weight excluding hydrogens is 498 g/mol. The molecule has 4 rings (SSSR count). The molecule has 0 aliphatic carbocycles. The first-order chi connectivity index (χ1) is 17.2. The van der Waals surface area contributed by atoms with Gasteiger partial charge < -0.3 is 14.6 Å². The van der Waals surface area contributed by atoms with E-state index in [1.807, 2.05) is 43.3 Å². The molecule has 7 nitrogen and oxygen atoms in total. The van der Waals surface area contributed by atoms with E-state index in [9.17, 15) is 18.3 Å². The lowest BCUT2D eigenvalue weighted by molar-refractivity contribution is -0.143. The minimum atomic E-state index is -3.95. The molecule has 190 valence electrons. The van der Waals surface area contributed by atoms with Crippen LogP contribution in [0.15, 0.2) is 82.6 Å². The fraction of sp³-hybridized carbons (Fsp3) is 0.296. The maximum absolute atomic E-state index is 13.8. The van der Waals surface area contributed by atoms with Crippen molar-refractivity contribution < 1.29 is 27.8 Å². The molecule has 0 spiro atoms. The van der Waals surface area contributed by atoms with Crippen LogP contribution in [0.2, 0.25) is 0 Å². The maximum Gasteiger partial charge on any atom is 0.308 e. The van der Waals surface area contributed by atoms with E-state index >= 15 is 0 Å². The summed E-state index contributed by atoms with van der Waals surface area (Å²) in [5.41, 5.74) is 1.73. The first kappa shape index (κ1) is 26.1. The van der Waals surface area contributed by atoms with Gasteiger partial charge in [-0.25, -0.2) is 8.42 Å². The quantitative estimate of drug-likeness (QED) is 0.440. The Labute approximate surface area is 216 Å². The Hall–Kier alpha value is -3.01. The first-order valence-electron chi connectivity index (χ1n) is 11.5. The lowest BCUT2D eigenvalue weighted by atomic mass is 9.90. The molecule has 0 bridgehead atoms. The van der Waals surface area contributed by atoms with E-state index in [0.29, 0.717) is 17.9 Å². The van der Waals surface area contributed by atoms with Crippen LogP contribution in [0.4, 0.5) is 0 Å². The summed E-state index contributed by atoms with van der Waals surface area (Å²) in [6, 6.07) is 20.8. The van der Waals surface area contributed by atoms with Gasteiger partial charge in [0.05, 0.1) is 31.1 Å². The van der Waals surface area contributed by atoms with Crippen molar-refractivity contribution >= 4 is 27.8 Å². The van der Waals surface area contributed by atoms with Crippen LogP contribution in [0.3, 0.4) is 0 Å². The van der Waals surface area contributed by atoms with Crippen molar-refractivity contribution in [2.24, 2.45) is 5.92 Å². The number of piperidine rings is 1. The summed E-state index contributed by atoms with van der Waals surface area (Å²) in [5, 5.41) is 9.77. The number of methoxy groups -OCH3 is 2. The molecule has 1 N–H and O–H groups in total. The van der Waals surface area contributed by atoms with Crippen molar-refractivity contribution in [1.29, 1.82) is 0 Å². The van der Waals surface area contributed by atoms with Crippen LogP contribution < -0.4 is 9.47 Å². The number of hydrogen-bond acceptors (Lipinski definition) is 6. The number of carbonyl (C=O) groups is 1. The Bertz CT molecular complexity index is 1290. The zero-order valence-electron chi connectivity index (χ0n) is 20.3. The van der Waals surface area contributed by atoms with Crippen LogP contribution in [0.1, 0.15) is 23.6 Å². The molecule has 36 heavy (non-hydrogen) atoms. The van der Waals surface area contributed by atoms with Gasteiger partial charge in [0.2, 0.25) is 10.0 Å². The lowest BCUT2D eigenvalue weighted by Gasteiger charge is -2.41. The highest BCUT2D eigenvalue weighted by molar-refractivity contribution is 8.00. The van der Waals surface area contributed by atoms with Crippen molar-refractivity contribution in [3.63, 3.8) is 0 Å². The van der Waals surface area contributed by atoms with Gasteiger partial charge in [-0.3, -0.25) is 4.79 Å². The summed E-state index contributed by atoms with van der Waals surface area (Å²) in [7, 11) is -0.789. The van der Waals surface area contributed by atoms with Gasteiger partial charge in [0.1, 0.15) is 11.5 Å². The van der Waals surface area contributed by atoms with Crippen molar-refractivity contribution in [1.82, 2.24) is 4.31 Å². The zero-order chi connectivity index (χ0) is 25.9. The van der Waals surface area contributed by atoms with E-state index in [-0.39, 0.29) is 16.7 Å². The number of nitrogens with zero attached hydrogens (tertiary/aromatic N) is 1. The second-order valence-electron chi connectivity index (χ2n) is 8.69.